The Morgan fingerprint density at radius 2 is 2.16 bits per heavy atom. The third kappa shape index (κ3) is 3.40. The second-order valence-corrected chi connectivity index (χ2v) is 7.23. The van der Waals surface area contributed by atoms with Gasteiger partial charge in [-0.3, -0.25) is 4.79 Å². The zero-order valence-electron chi connectivity index (χ0n) is 15.9. The van der Waals surface area contributed by atoms with Crippen LogP contribution in [-0.4, -0.2) is 51.4 Å². The number of pyridine rings is 1. The summed E-state index contributed by atoms with van der Waals surface area (Å²) >= 11 is 0. The van der Waals surface area contributed by atoms with E-state index in [9.17, 15) is 4.79 Å². The molecule has 1 atom stereocenters. The van der Waals surface area contributed by atoms with Crippen molar-refractivity contribution in [3.8, 4) is 0 Å². The topological polar surface area (TPSA) is 60.2 Å². The lowest BCUT2D eigenvalue weighted by molar-refractivity contribution is -0.139. The van der Waals surface area contributed by atoms with Gasteiger partial charge in [0.05, 0.1) is 25.5 Å². The molecule has 1 amide bonds. The van der Waals surface area contributed by atoms with Crippen molar-refractivity contribution in [3.63, 3.8) is 0 Å². The van der Waals surface area contributed by atoms with Gasteiger partial charge in [-0.15, -0.1) is 0 Å². The van der Waals surface area contributed by atoms with Crippen molar-refractivity contribution in [3.05, 3.63) is 23.0 Å². The highest BCUT2D eigenvalue weighted by Gasteiger charge is 2.24. The average Bonchev–Trinajstić information content (AvgIpc) is 2.99. The number of morpholine rings is 1. The van der Waals surface area contributed by atoms with Gasteiger partial charge in [0, 0.05) is 30.1 Å². The number of carbonyl (C=O) groups is 1. The number of hydrogen-bond donors (Lipinski definition) is 0. The van der Waals surface area contributed by atoms with E-state index in [0.29, 0.717) is 26.2 Å². The van der Waals surface area contributed by atoms with E-state index in [4.69, 9.17) is 9.72 Å². The molecule has 6 heteroatoms. The molecule has 0 aromatic carbocycles. The third-order valence-electron chi connectivity index (χ3n) is 5.10. The Labute approximate surface area is 149 Å². The number of fused-ring (bicyclic) bond motifs is 1. The molecule has 2 aromatic heterocycles. The molecule has 1 aliphatic heterocycles. The molecule has 3 heterocycles. The summed E-state index contributed by atoms with van der Waals surface area (Å²) in [5, 5.41) is 5.57. The van der Waals surface area contributed by atoms with Crippen molar-refractivity contribution >= 4 is 16.9 Å². The Kier molecular flexibility index (Phi) is 5.08. The molecule has 1 aliphatic rings. The maximum Gasteiger partial charge on any atom is 0.223 e. The molecule has 1 fully saturated rings. The highest BCUT2D eigenvalue weighted by Crippen LogP contribution is 2.25. The monoisotopic (exact) mass is 344 g/mol. The number of rotatable bonds is 4. The standard InChI is InChI=1S/C19H28N4O2/c1-12(2)23-19-17(10-20-23)14(4)16(15(5)21-19)6-7-18(24)22-8-9-25-11-13(22)3/h10,12-13H,6-9,11H2,1-5H3. The Morgan fingerprint density at radius 3 is 2.84 bits per heavy atom. The first kappa shape index (κ1) is 17.9. The maximum atomic E-state index is 12.6. The van der Waals surface area contributed by atoms with E-state index < -0.39 is 0 Å². The van der Waals surface area contributed by atoms with Crippen molar-refractivity contribution in [2.75, 3.05) is 19.8 Å². The van der Waals surface area contributed by atoms with Crippen molar-refractivity contribution in [2.45, 2.75) is 59.5 Å². The lowest BCUT2D eigenvalue weighted by atomic mass is 10.00. The van der Waals surface area contributed by atoms with Gasteiger partial charge in [-0.25, -0.2) is 9.67 Å². The summed E-state index contributed by atoms with van der Waals surface area (Å²) in [6.07, 6.45) is 3.13. The smallest absolute Gasteiger partial charge is 0.223 e. The molecule has 0 saturated carbocycles. The molecule has 0 bridgehead atoms. The lowest BCUT2D eigenvalue weighted by Crippen LogP contribution is -2.47. The normalized spacial score (nSPS) is 18.3. The molecule has 1 saturated heterocycles. The minimum Gasteiger partial charge on any atom is -0.377 e. The quantitative estimate of drug-likeness (QED) is 0.856. The number of amides is 1. The molecular weight excluding hydrogens is 316 g/mol. The van der Waals surface area contributed by atoms with Crippen molar-refractivity contribution in [1.29, 1.82) is 0 Å². The van der Waals surface area contributed by atoms with Gasteiger partial charge in [0.2, 0.25) is 5.91 Å². The predicted molar refractivity (Wildman–Crippen MR) is 97.7 cm³/mol. The summed E-state index contributed by atoms with van der Waals surface area (Å²) < 4.78 is 7.38. The maximum absolute atomic E-state index is 12.6. The summed E-state index contributed by atoms with van der Waals surface area (Å²) in [4.78, 5) is 19.3. The Bertz CT molecular complexity index is 781. The van der Waals surface area contributed by atoms with E-state index in [0.717, 1.165) is 23.1 Å². The summed E-state index contributed by atoms with van der Waals surface area (Å²) in [5.41, 5.74) is 4.29. The predicted octanol–water partition coefficient (Wildman–Crippen LogP) is 2.81. The summed E-state index contributed by atoms with van der Waals surface area (Å²) in [7, 11) is 0. The van der Waals surface area contributed by atoms with Gasteiger partial charge >= 0.3 is 0 Å². The van der Waals surface area contributed by atoms with Crippen LogP contribution in [0.5, 0.6) is 0 Å². The molecule has 0 N–H and O–H groups in total. The fourth-order valence-corrected chi connectivity index (χ4v) is 3.61. The number of hydrogen-bond acceptors (Lipinski definition) is 4. The Hall–Kier alpha value is -1.95. The SMILES string of the molecule is Cc1nc2c(cnn2C(C)C)c(C)c1CCC(=O)N1CCOCC1C. The third-order valence-corrected chi connectivity index (χ3v) is 5.10. The van der Waals surface area contributed by atoms with Crippen LogP contribution in [0.3, 0.4) is 0 Å². The van der Waals surface area contributed by atoms with E-state index in [2.05, 4.69) is 25.9 Å². The summed E-state index contributed by atoms with van der Waals surface area (Å²) in [5.74, 6) is 0.201. The van der Waals surface area contributed by atoms with E-state index in [1.165, 1.54) is 11.1 Å². The van der Waals surface area contributed by atoms with Crippen LogP contribution in [0.4, 0.5) is 0 Å². The van der Waals surface area contributed by atoms with Crippen molar-refractivity contribution in [1.82, 2.24) is 19.7 Å². The molecule has 25 heavy (non-hydrogen) atoms. The van der Waals surface area contributed by atoms with Gasteiger partial charge in [-0.05, 0) is 52.2 Å². The van der Waals surface area contributed by atoms with Crippen LogP contribution in [0, 0.1) is 13.8 Å². The number of aromatic nitrogens is 3. The molecule has 0 radical (unpaired) electrons. The van der Waals surface area contributed by atoms with Crippen LogP contribution in [0.1, 0.15) is 50.1 Å². The van der Waals surface area contributed by atoms with Gasteiger partial charge in [-0.2, -0.15) is 5.10 Å². The van der Waals surface area contributed by atoms with Crippen molar-refractivity contribution < 1.29 is 9.53 Å². The molecule has 3 rings (SSSR count). The number of aryl methyl sites for hydroxylation is 2. The van der Waals surface area contributed by atoms with Crippen LogP contribution in [-0.2, 0) is 16.0 Å². The minimum atomic E-state index is 0.160. The number of carbonyl (C=O) groups excluding carboxylic acids is 1. The Morgan fingerprint density at radius 1 is 1.40 bits per heavy atom. The van der Waals surface area contributed by atoms with Crippen LogP contribution in [0.25, 0.3) is 11.0 Å². The molecular formula is C19H28N4O2. The van der Waals surface area contributed by atoms with Crippen LogP contribution in [0.2, 0.25) is 0 Å². The van der Waals surface area contributed by atoms with Gasteiger partial charge in [-0.1, -0.05) is 0 Å². The molecule has 0 aliphatic carbocycles. The first-order chi connectivity index (χ1) is 11.9. The van der Waals surface area contributed by atoms with Gasteiger partial charge in [0.15, 0.2) is 5.65 Å². The van der Waals surface area contributed by atoms with Crippen LogP contribution in [0.15, 0.2) is 6.20 Å². The number of ether oxygens (including phenoxy) is 1. The lowest BCUT2D eigenvalue weighted by Gasteiger charge is -2.33. The van der Waals surface area contributed by atoms with Gasteiger partial charge < -0.3 is 9.64 Å². The highest BCUT2D eigenvalue weighted by molar-refractivity contribution is 5.81. The molecule has 136 valence electrons. The van der Waals surface area contributed by atoms with E-state index in [-0.39, 0.29) is 18.0 Å². The van der Waals surface area contributed by atoms with Crippen LogP contribution >= 0.6 is 0 Å². The molecule has 0 spiro atoms. The summed E-state index contributed by atoms with van der Waals surface area (Å²) in [6, 6.07) is 0.437. The van der Waals surface area contributed by atoms with Crippen molar-refractivity contribution in [2.24, 2.45) is 0 Å². The number of nitrogens with zero attached hydrogens (tertiary/aromatic N) is 4. The van der Waals surface area contributed by atoms with Gasteiger partial charge in [0.25, 0.3) is 0 Å². The first-order valence-electron chi connectivity index (χ1n) is 9.10. The average molecular weight is 344 g/mol. The Balaban J connectivity index is 1.81. The van der Waals surface area contributed by atoms with Crippen LogP contribution < -0.4 is 0 Å². The molecule has 1 unspecified atom stereocenters. The molecule has 2 aromatic rings. The summed E-state index contributed by atoms with van der Waals surface area (Å²) in [6.45, 7) is 12.4. The fourth-order valence-electron chi connectivity index (χ4n) is 3.61. The molecule has 6 nitrogen and oxygen atoms in total. The minimum absolute atomic E-state index is 0.160. The van der Waals surface area contributed by atoms with Gasteiger partial charge in [0.1, 0.15) is 0 Å². The van der Waals surface area contributed by atoms with E-state index >= 15 is 0 Å². The van der Waals surface area contributed by atoms with E-state index in [1.54, 1.807) is 0 Å². The largest absolute Gasteiger partial charge is 0.377 e. The second-order valence-electron chi connectivity index (χ2n) is 7.23. The zero-order chi connectivity index (χ0) is 18.1. The second kappa shape index (κ2) is 7.12. The zero-order valence-corrected chi connectivity index (χ0v) is 15.9. The first-order valence-corrected chi connectivity index (χ1v) is 9.10. The highest BCUT2D eigenvalue weighted by atomic mass is 16.5. The fraction of sp³-hybridized carbons (Fsp3) is 0.632. The van der Waals surface area contributed by atoms with E-state index in [1.807, 2.05) is 29.6 Å².